The lowest BCUT2D eigenvalue weighted by atomic mass is 10.1. The number of hydrogen-bond acceptors (Lipinski definition) is 5. The van der Waals surface area contributed by atoms with Crippen LogP contribution in [0.3, 0.4) is 0 Å². The number of methoxy groups -OCH3 is 1. The first-order chi connectivity index (χ1) is 13.7. The van der Waals surface area contributed by atoms with Crippen molar-refractivity contribution < 1.29 is 14.3 Å². The number of hydrogen-bond donors (Lipinski definition) is 2. The molecule has 0 aliphatic heterocycles. The molecule has 0 aliphatic carbocycles. The molecule has 0 atom stereocenters. The molecule has 7 nitrogen and oxygen atoms in total. The molecule has 0 aliphatic rings. The maximum atomic E-state index is 12.0. The second kappa shape index (κ2) is 9.57. The van der Waals surface area contributed by atoms with Crippen LogP contribution in [0.4, 0.5) is 10.5 Å². The van der Waals surface area contributed by atoms with Gasteiger partial charge in [0.05, 0.1) is 25.0 Å². The Morgan fingerprint density at radius 3 is 2.61 bits per heavy atom. The van der Waals surface area contributed by atoms with Crippen molar-refractivity contribution in [1.82, 2.24) is 15.5 Å². The SMILES string of the molecule is COc1ccc(Cl)cc1NC(=O)NCCOc1ccc(-c2ccccc2)nn1. The average molecular weight is 399 g/mol. The summed E-state index contributed by atoms with van der Waals surface area (Å²) in [4.78, 5) is 12.0. The number of benzene rings is 2. The smallest absolute Gasteiger partial charge is 0.319 e. The summed E-state index contributed by atoms with van der Waals surface area (Å²) in [6.45, 7) is 0.538. The summed E-state index contributed by atoms with van der Waals surface area (Å²) in [5.74, 6) is 0.906. The normalized spacial score (nSPS) is 10.2. The summed E-state index contributed by atoms with van der Waals surface area (Å²) >= 11 is 5.94. The van der Waals surface area contributed by atoms with Crippen molar-refractivity contribution >= 4 is 23.3 Å². The van der Waals surface area contributed by atoms with E-state index in [-0.39, 0.29) is 13.2 Å². The molecule has 0 fully saturated rings. The van der Waals surface area contributed by atoms with Gasteiger partial charge in [-0.15, -0.1) is 10.2 Å². The van der Waals surface area contributed by atoms with E-state index in [4.69, 9.17) is 21.1 Å². The predicted octanol–water partition coefficient (Wildman–Crippen LogP) is 4.01. The van der Waals surface area contributed by atoms with Crippen LogP contribution < -0.4 is 20.1 Å². The molecule has 2 aromatic carbocycles. The molecule has 144 valence electrons. The largest absolute Gasteiger partial charge is 0.495 e. The van der Waals surface area contributed by atoms with Crippen LogP contribution in [0.15, 0.2) is 60.7 Å². The number of aromatic nitrogens is 2. The highest BCUT2D eigenvalue weighted by Gasteiger charge is 2.08. The van der Waals surface area contributed by atoms with Crippen molar-refractivity contribution in [2.24, 2.45) is 0 Å². The van der Waals surface area contributed by atoms with Gasteiger partial charge in [0.15, 0.2) is 0 Å². The van der Waals surface area contributed by atoms with Crippen LogP contribution >= 0.6 is 11.6 Å². The van der Waals surface area contributed by atoms with Gasteiger partial charge in [-0.1, -0.05) is 41.9 Å². The van der Waals surface area contributed by atoms with E-state index >= 15 is 0 Å². The van der Waals surface area contributed by atoms with Crippen molar-refractivity contribution in [3.8, 4) is 22.9 Å². The molecular formula is C20H19ClN4O3. The Morgan fingerprint density at radius 1 is 1.07 bits per heavy atom. The molecule has 3 rings (SSSR count). The Kier molecular flexibility index (Phi) is 6.64. The van der Waals surface area contributed by atoms with Crippen molar-refractivity contribution in [2.75, 3.05) is 25.6 Å². The van der Waals surface area contributed by atoms with Gasteiger partial charge in [0.2, 0.25) is 5.88 Å². The molecule has 28 heavy (non-hydrogen) atoms. The van der Waals surface area contributed by atoms with Gasteiger partial charge < -0.3 is 20.1 Å². The molecule has 0 saturated heterocycles. The van der Waals surface area contributed by atoms with E-state index in [1.165, 1.54) is 7.11 Å². The number of halogens is 1. The highest BCUT2D eigenvalue weighted by molar-refractivity contribution is 6.31. The fourth-order valence-corrected chi connectivity index (χ4v) is 2.60. The third kappa shape index (κ3) is 5.34. The van der Waals surface area contributed by atoms with Gasteiger partial charge in [0.1, 0.15) is 12.4 Å². The summed E-state index contributed by atoms with van der Waals surface area (Å²) in [7, 11) is 1.52. The van der Waals surface area contributed by atoms with E-state index in [2.05, 4.69) is 20.8 Å². The fourth-order valence-electron chi connectivity index (χ4n) is 2.42. The van der Waals surface area contributed by atoms with E-state index in [0.717, 1.165) is 11.3 Å². The van der Waals surface area contributed by atoms with Gasteiger partial charge in [0.25, 0.3) is 0 Å². The van der Waals surface area contributed by atoms with Crippen molar-refractivity contribution in [2.45, 2.75) is 0 Å². The molecule has 1 heterocycles. The van der Waals surface area contributed by atoms with Gasteiger partial charge in [-0.3, -0.25) is 0 Å². The quantitative estimate of drug-likeness (QED) is 0.587. The number of nitrogens with one attached hydrogen (secondary N) is 2. The maximum Gasteiger partial charge on any atom is 0.319 e. The standard InChI is InChI=1S/C20H19ClN4O3/c1-27-18-9-7-15(21)13-17(18)23-20(26)22-11-12-28-19-10-8-16(24-25-19)14-5-3-2-4-6-14/h2-10,13H,11-12H2,1H3,(H2,22,23,26). The van der Waals surface area contributed by atoms with Gasteiger partial charge >= 0.3 is 6.03 Å². The summed E-state index contributed by atoms with van der Waals surface area (Å²) in [5, 5.41) is 14.1. The van der Waals surface area contributed by atoms with Crippen LogP contribution in [0.5, 0.6) is 11.6 Å². The third-order valence-electron chi connectivity index (χ3n) is 3.76. The Bertz CT molecular complexity index is 920. The summed E-state index contributed by atoms with van der Waals surface area (Å²) in [5.41, 5.74) is 2.23. The average Bonchev–Trinajstić information content (AvgIpc) is 2.72. The van der Waals surface area contributed by atoms with E-state index in [0.29, 0.717) is 22.3 Å². The Hall–Kier alpha value is -3.32. The molecule has 0 unspecified atom stereocenters. The van der Waals surface area contributed by atoms with E-state index in [9.17, 15) is 4.79 Å². The van der Waals surface area contributed by atoms with Crippen LogP contribution in [0.25, 0.3) is 11.3 Å². The third-order valence-corrected chi connectivity index (χ3v) is 3.99. The van der Waals surface area contributed by atoms with Crippen LogP contribution in [0.2, 0.25) is 5.02 Å². The second-order valence-electron chi connectivity index (χ2n) is 5.70. The minimum atomic E-state index is -0.394. The first kappa shape index (κ1) is 19.4. The van der Waals surface area contributed by atoms with E-state index in [1.54, 1.807) is 24.3 Å². The number of urea groups is 1. The molecule has 2 N–H and O–H groups in total. The zero-order chi connectivity index (χ0) is 19.8. The molecule has 1 aromatic heterocycles. The van der Waals surface area contributed by atoms with E-state index < -0.39 is 6.03 Å². The monoisotopic (exact) mass is 398 g/mol. The zero-order valence-electron chi connectivity index (χ0n) is 15.2. The molecule has 2 amide bonds. The second-order valence-corrected chi connectivity index (χ2v) is 6.13. The Morgan fingerprint density at radius 2 is 1.89 bits per heavy atom. The summed E-state index contributed by atoms with van der Waals surface area (Å²) in [6, 6.07) is 17.9. The highest BCUT2D eigenvalue weighted by Crippen LogP contribution is 2.27. The van der Waals surface area contributed by atoms with Crippen molar-refractivity contribution in [1.29, 1.82) is 0 Å². The number of ether oxygens (including phenoxy) is 2. The number of nitrogens with zero attached hydrogens (tertiary/aromatic N) is 2. The molecule has 3 aromatic rings. The lowest BCUT2D eigenvalue weighted by Gasteiger charge is -2.11. The Labute approximate surface area is 167 Å². The molecule has 0 radical (unpaired) electrons. The molecule has 0 spiro atoms. The van der Waals surface area contributed by atoms with Crippen LogP contribution in [0.1, 0.15) is 0 Å². The summed E-state index contributed by atoms with van der Waals surface area (Å²) in [6.07, 6.45) is 0. The molecule has 0 bridgehead atoms. The fraction of sp³-hybridized carbons (Fsp3) is 0.150. The maximum absolute atomic E-state index is 12.0. The van der Waals surface area contributed by atoms with Crippen LogP contribution in [-0.2, 0) is 0 Å². The summed E-state index contributed by atoms with van der Waals surface area (Å²) < 4.78 is 10.7. The Balaban J connectivity index is 1.44. The van der Waals surface area contributed by atoms with Gasteiger partial charge in [-0.2, -0.15) is 0 Å². The van der Waals surface area contributed by atoms with Crippen LogP contribution in [0, 0.1) is 0 Å². The van der Waals surface area contributed by atoms with Gasteiger partial charge in [-0.05, 0) is 24.3 Å². The number of anilines is 1. The lowest BCUT2D eigenvalue weighted by Crippen LogP contribution is -2.32. The van der Waals surface area contributed by atoms with Crippen molar-refractivity contribution in [3.63, 3.8) is 0 Å². The predicted molar refractivity (Wildman–Crippen MR) is 108 cm³/mol. The van der Waals surface area contributed by atoms with Gasteiger partial charge in [-0.25, -0.2) is 4.79 Å². The molecule has 0 saturated carbocycles. The minimum Gasteiger partial charge on any atom is -0.495 e. The minimum absolute atomic E-state index is 0.249. The zero-order valence-corrected chi connectivity index (χ0v) is 15.9. The first-order valence-corrected chi connectivity index (χ1v) is 8.94. The number of rotatable bonds is 7. The first-order valence-electron chi connectivity index (χ1n) is 8.56. The lowest BCUT2D eigenvalue weighted by molar-refractivity contribution is 0.246. The van der Waals surface area contributed by atoms with E-state index in [1.807, 2.05) is 36.4 Å². The molecule has 8 heteroatoms. The molecular weight excluding hydrogens is 380 g/mol. The number of carbonyl (C=O) groups is 1. The van der Waals surface area contributed by atoms with Crippen LogP contribution in [-0.4, -0.2) is 36.5 Å². The van der Waals surface area contributed by atoms with Crippen molar-refractivity contribution in [3.05, 3.63) is 65.7 Å². The topological polar surface area (TPSA) is 85.4 Å². The highest BCUT2D eigenvalue weighted by atomic mass is 35.5. The number of amides is 2. The van der Waals surface area contributed by atoms with Gasteiger partial charge in [0, 0.05) is 16.7 Å². The number of carbonyl (C=O) groups excluding carboxylic acids is 1.